The maximum atomic E-state index is 12.4. The SMILES string of the molecule is C=CC1CCN(C(=O)[C@@H](O)[C@@H](O)c2nc3ccccc3s2)CC1. The summed E-state index contributed by atoms with van der Waals surface area (Å²) in [5.74, 6) is -0.00959. The molecule has 0 radical (unpaired) electrons. The number of aliphatic hydroxyl groups is 2. The number of para-hydroxylation sites is 1. The van der Waals surface area contributed by atoms with E-state index in [1.807, 2.05) is 30.3 Å². The number of nitrogens with zero attached hydrogens (tertiary/aromatic N) is 2. The summed E-state index contributed by atoms with van der Waals surface area (Å²) in [6, 6.07) is 7.50. The molecule has 3 rings (SSSR count). The number of hydrogen-bond acceptors (Lipinski definition) is 5. The van der Waals surface area contributed by atoms with Gasteiger partial charge < -0.3 is 15.1 Å². The maximum absolute atomic E-state index is 12.4. The van der Waals surface area contributed by atoms with Crippen molar-refractivity contribution in [1.82, 2.24) is 9.88 Å². The van der Waals surface area contributed by atoms with E-state index in [1.54, 1.807) is 4.90 Å². The molecule has 1 aromatic heterocycles. The number of allylic oxidation sites excluding steroid dienone is 1. The Balaban J connectivity index is 1.70. The molecule has 122 valence electrons. The number of aromatic nitrogens is 1. The summed E-state index contributed by atoms with van der Waals surface area (Å²) >= 11 is 1.30. The smallest absolute Gasteiger partial charge is 0.254 e. The van der Waals surface area contributed by atoms with Crippen molar-refractivity contribution in [3.8, 4) is 0 Å². The first kappa shape index (κ1) is 16.1. The van der Waals surface area contributed by atoms with Crippen LogP contribution in [0.4, 0.5) is 0 Å². The van der Waals surface area contributed by atoms with Crippen molar-refractivity contribution < 1.29 is 15.0 Å². The molecule has 5 nitrogen and oxygen atoms in total. The summed E-state index contributed by atoms with van der Waals surface area (Å²) in [5.41, 5.74) is 0.762. The van der Waals surface area contributed by atoms with Gasteiger partial charge in [-0.05, 0) is 30.9 Å². The van der Waals surface area contributed by atoms with Crippen LogP contribution in [0.5, 0.6) is 0 Å². The maximum Gasteiger partial charge on any atom is 0.254 e. The molecule has 6 heteroatoms. The van der Waals surface area contributed by atoms with Gasteiger partial charge in [0.25, 0.3) is 5.91 Å². The summed E-state index contributed by atoms with van der Waals surface area (Å²) in [5, 5.41) is 20.9. The van der Waals surface area contributed by atoms with Crippen LogP contribution in [0.15, 0.2) is 36.9 Å². The van der Waals surface area contributed by atoms with Crippen LogP contribution in [0.3, 0.4) is 0 Å². The van der Waals surface area contributed by atoms with E-state index in [4.69, 9.17) is 0 Å². The fourth-order valence-electron chi connectivity index (χ4n) is 2.83. The molecule has 2 N–H and O–H groups in total. The zero-order chi connectivity index (χ0) is 16.4. The van der Waals surface area contributed by atoms with Gasteiger partial charge in [-0.3, -0.25) is 4.79 Å². The Morgan fingerprint density at radius 3 is 2.70 bits per heavy atom. The third-order valence-electron chi connectivity index (χ3n) is 4.30. The van der Waals surface area contributed by atoms with Crippen molar-refractivity contribution in [1.29, 1.82) is 0 Å². The molecule has 23 heavy (non-hydrogen) atoms. The Hall–Kier alpha value is -1.76. The second kappa shape index (κ2) is 6.78. The second-order valence-corrected chi connectivity index (χ2v) is 6.87. The molecule has 1 aliphatic rings. The number of amides is 1. The number of aliphatic hydroxyl groups excluding tert-OH is 2. The Bertz CT molecular complexity index is 674. The van der Waals surface area contributed by atoms with Gasteiger partial charge in [0.2, 0.25) is 0 Å². The monoisotopic (exact) mass is 332 g/mol. The van der Waals surface area contributed by atoms with Crippen LogP contribution in [0.25, 0.3) is 10.2 Å². The van der Waals surface area contributed by atoms with Crippen LogP contribution in [0.2, 0.25) is 0 Å². The minimum atomic E-state index is -1.48. The molecule has 1 saturated heterocycles. The fourth-order valence-corrected chi connectivity index (χ4v) is 3.81. The highest BCUT2D eigenvalue weighted by molar-refractivity contribution is 7.18. The zero-order valence-corrected chi connectivity index (χ0v) is 13.6. The number of likely N-dealkylation sites (tertiary alicyclic amines) is 1. The molecule has 0 aliphatic carbocycles. The van der Waals surface area contributed by atoms with E-state index in [9.17, 15) is 15.0 Å². The third kappa shape index (κ3) is 3.29. The van der Waals surface area contributed by atoms with Gasteiger partial charge in [-0.25, -0.2) is 4.98 Å². The lowest BCUT2D eigenvalue weighted by atomic mass is 9.96. The summed E-state index contributed by atoms with van der Waals surface area (Å²) in [7, 11) is 0. The second-order valence-electron chi connectivity index (χ2n) is 5.81. The lowest BCUT2D eigenvalue weighted by Gasteiger charge is -2.32. The minimum Gasteiger partial charge on any atom is -0.383 e. The first-order chi connectivity index (χ1) is 11.1. The van der Waals surface area contributed by atoms with Crippen molar-refractivity contribution in [2.75, 3.05) is 13.1 Å². The van der Waals surface area contributed by atoms with Crippen LogP contribution < -0.4 is 0 Å². The van der Waals surface area contributed by atoms with Crippen molar-refractivity contribution in [2.24, 2.45) is 5.92 Å². The number of carbonyl (C=O) groups is 1. The van der Waals surface area contributed by atoms with E-state index in [0.717, 1.165) is 23.1 Å². The number of hydrogen-bond donors (Lipinski definition) is 2. The topological polar surface area (TPSA) is 73.7 Å². The van der Waals surface area contributed by atoms with Crippen molar-refractivity contribution in [2.45, 2.75) is 25.0 Å². The fraction of sp³-hybridized carbons (Fsp3) is 0.412. The molecule has 0 bridgehead atoms. The van der Waals surface area contributed by atoms with E-state index < -0.39 is 18.1 Å². The predicted molar refractivity (Wildman–Crippen MR) is 90.1 cm³/mol. The quantitative estimate of drug-likeness (QED) is 0.841. The van der Waals surface area contributed by atoms with Crippen LogP contribution >= 0.6 is 11.3 Å². The lowest BCUT2D eigenvalue weighted by molar-refractivity contribution is -0.147. The van der Waals surface area contributed by atoms with Crippen LogP contribution in [0, 0.1) is 5.92 Å². The highest BCUT2D eigenvalue weighted by atomic mass is 32.1. The van der Waals surface area contributed by atoms with Crippen LogP contribution in [0.1, 0.15) is 24.0 Å². The molecule has 1 aromatic carbocycles. The van der Waals surface area contributed by atoms with E-state index >= 15 is 0 Å². The number of rotatable bonds is 4. The molecule has 0 spiro atoms. The Morgan fingerprint density at radius 2 is 2.04 bits per heavy atom. The summed E-state index contributed by atoms with van der Waals surface area (Å²) in [6.45, 7) is 4.94. The minimum absolute atomic E-state index is 0.369. The highest BCUT2D eigenvalue weighted by Gasteiger charge is 2.33. The van der Waals surface area contributed by atoms with Crippen molar-refractivity contribution in [3.63, 3.8) is 0 Å². The highest BCUT2D eigenvalue weighted by Crippen LogP contribution is 2.29. The van der Waals surface area contributed by atoms with E-state index in [-0.39, 0.29) is 0 Å². The summed E-state index contributed by atoms with van der Waals surface area (Å²) in [4.78, 5) is 18.3. The van der Waals surface area contributed by atoms with E-state index in [2.05, 4.69) is 11.6 Å². The number of carbonyl (C=O) groups excluding carboxylic acids is 1. The number of fused-ring (bicyclic) bond motifs is 1. The molecule has 1 fully saturated rings. The third-order valence-corrected chi connectivity index (χ3v) is 5.41. The first-order valence-corrected chi connectivity index (χ1v) is 8.54. The lowest BCUT2D eigenvalue weighted by Crippen LogP contribution is -2.45. The summed E-state index contributed by atoms with van der Waals surface area (Å²) < 4.78 is 0.924. The average Bonchev–Trinajstić information content (AvgIpc) is 3.04. The Labute approximate surface area is 138 Å². The molecule has 1 amide bonds. The van der Waals surface area contributed by atoms with Crippen LogP contribution in [-0.2, 0) is 4.79 Å². The van der Waals surface area contributed by atoms with Gasteiger partial charge in [0.15, 0.2) is 6.10 Å². The normalized spacial score (nSPS) is 18.8. The van der Waals surface area contributed by atoms with E-state index in [1.165, 1.54) is 11.3 Å². The summed E-state index contributed by atoms with van der Waals surface area (Å²) in [6.07, 6.45) is 0.833. The zero-order valence-electron chi connectivity index (χ0n) is 12.8. The largest absolute Gasteiger partial charge is 0.383 e. The van der Waals surface area contributed by atoms with Gasteiger partial charge in [-0.2, -0.15) is 0 Å². The molecule has 0 saturated carbocycles. The molecule has 2 atom stereocenters. The van der Waals surface area contributed by atoms with Crippen molar-refractivity contribution >= 4 is 27.5 Å². The Kier molecular flexibility index (Phi) is 4.75. The van der Waals surface area contributed by atoms with Gasteiger partial charge >= 0.3 is 0 Å². The standard InChI is InChI=1S/C17H20N2O3S/c1-2-11-7-9-19(10-8-11)17(22)15(21)14(20)16-18-12-5-3-4-6-13(12)23-16/h2-6,11,14-15,20-21H,1,7-10H2/t14-,15+/m1/s1. The first-order valence-electron chi connectivity index (χ1n) is 7.73. The molecule has 2 heterocycles. The van der Waals surface area contributed by atoms with Gasteiger partial charge in [0, 0.05) is 13.1 Å². The Morgan fingerprint density at radius 1 is 1.35 bits per heavy atom. The average molecular weight is 332 g/mol. The number of thiazole rings is 1. The van der Waals surface area contributed by atoms with Crippen LogP contribution in [-0.4, -0.2) is 45.2 Å². The molecular formula is C17H20N2O3S. The van der Waals surface area contributed by atoms with Gasteiger partial charge in [0.1, 0.15) is 11.1 Å². The predicted octanol–water partition coefficient (Wildman–Crippen LogP) is 2.12. The van der Waals surface area contributed by atoms with E-state index in [0.29, 0.717) is 24.0 Å². The van der Waals surface area contributed by atoms with Gasteiger partial charge in [-0.15, -0.1) is 17.9 Å². The van der Waals surface area contributed by atoms with Gasteiger partial charge in [-0.1, -0.05) is 18.2 Å². The number of benzene rings is 1. The molecule has 1 aliphatic heterocycles. The molecule has 2 aromatic rings. The number of piperidine rings is 1. The van der Waals surface area contributed by atoms with Crippen molar-refractivity contribution in [3.05, 3.63) is 41.9 Å². The molecule has 0 unspecified atom stereocenters. The molecular weight excluding hydrogens is 312 g/mol. The van der Waals surface area contributed by atoms with Gasteiger partial charge in [0.05, 0.1) is 10.2 Å².